The molecule has 0 aromatic rings. The molecular formula is C34H65N19O10. The van der Waals surface area contributed by atoms with Gasteiger partial charge in [0.2, 0.25) is 35.4 Å². The number of rotatable bonds is 31. The quantitative estimate of drug-likeness (QED) is 0.0174. The van der Waals surface area contributed by atoms with Crippen molar-refractivity contribution in [2.45, 2.75) is 114 Å². The summed E-state index contributed by atoms with van der Waals surface area (Å²) in [5.74, 6) is -8.94. The molecule has 0 radical (unpaired) electrons. The fourth-order valence-electron chi connectivity index (χ4n) is 5.26. The predicted molar refractivity (Wildman–Crippen MR) is 230 cm³/mol. The summed E-state index contributed by atoms with van der Waals surface area (Å²) in [6.45, 7) is 2.73. The molecule has 0 saturated carbocycles. The molecule has 0 bridgehead atoms. The molecule has 0 aliphatic carbocycles. The molecule has 6 amide bonds. The van der Waals surface area contributed by atoms with Gasteiger partial charge in [-0.3, -0.25) is 53.5 Å². The van der Waals surface area contributed by atoms with Crippen molar-refractivity contribution in [2.24, 2.45) is 71.6 Å². The zero-order chi connectivity index (χ0) is 48.2. The minimum absolute atomic E-state index is 0.0164. The van der Waals surface area contributed by atoms with Gasteiger partial charge in [-0.25, -0.2) is 4.79 Å². The first-order valence-corrected chi connectivity index (χ1v) is 19.7. The highest BCUT2D eigenvalue weighted by Gasteiger charge is 2.32. The summed E-state index contributed by atoms with van der Waals surface area (Å²) in [5, 5.41) is 33.2. The lowest BCUT2D eigenvalue weighted by molar-refractivity contribution is -0.142. The van der Waals surface area contributed by atoms with Crippen molar-refractivity contribution in [3.05, 3.63) is 0 Å². The molecule has 356 valence electrons. The van der Waals surface area contributed by atoms with Gasteiger partial charge in [-0.2, -0.15) is 0 Å². The number of nitrogens with zero attached hydrogens (tertiary/aromatic N) is 4. The van der Waals surface area contributed by atoms with Gasteiger partial charge >= 0.3 is 11.9 Å². The monoisotopic (exact) mass is 900 g/mol. The van der Waals surface area contributed by atoms with E-state index in [-0.39, 0.29) is 101 Å². The van der Waals surface area contributed by atoms with Crippen LogP contribution in [0.25, 0.3) is 0 Å². The third-order valence-corrected chi connectivity index (χ3v) is 8.53. The largest absolute Gasteiger partial charge is 0.481 e. The number of amides is 6. The number of hydrogen-bond donors (Lipinski definition) is 17. The Kier molecular flexibility index (Phi) is 26.5. The number of carbonyl (C=O) groups is 8. The second-order valence-electron chi connectivity index (χ2n) is 14.0. The number of carboxylic acids is 2. The van der Waals surface area contributed by atoms with Crippen LogP contribution in [-0.2, 0) is 38.4 Å². The molecular weight excluding hydrogens is 834 g/mol. The van der Waals surface area contributed by atoms with Crippen molar-refractivity contribution in [1.82, 2.24) is 31.9 Å². The van der Waals surface area contributed by atoms with Crippen LogP contribution in [0.15, 0.2) is 20.0 Å². The fraction of sp³-hybridized carbons (Fsp3) is 0.647. The Morgan fingerprint density at radius 1 is 0.429 bits per heavy atom. The van der Waals surface area contributed by atoms with Gasteiger partial charge in [0.25, 0.3) is 0 Å². The van der Waals surface area contributed by atoms with E-state index in [1.165, 1.54) is 13.8 Å². The molecule has 0 rings (SSSR count). The van der Waals surface area contributed by atoms with Crippen LogP contribution < -0.4 is 83.5 Å². The molecule has 0 aliphatic heterocycles. The molecule has 29 nitrogen and oxygen atoms in total. The van der Waals surface area contributed by atoms with E-state index in [0.717, 1.165) is 0 Å². The van der Waals surface area contributed by atoms with Crippen molar-refractivity contribution in [3.8, 4) is 0 Å². The van der Waals surface area contributed by atoms with E-state index in [0.29, 0.717) is 0 Å². The Morgan fingerprint density at radius 2 is 0.698 bits per heavy atom. The average molecular weight is 900 g/mol. The topological polar surface area (TPSA) is 533 Å². The SMILES string of the molecule is CC(NC(=O)C(N)CC(=O)O)C(=O)NC(CCCN=C(N)N)C(=O)NC(CCCN=C(N)N)C(=O)NC(CCCN=C(N)N)C(=O)NC(C)C(=O)NC(CCCN=C(N)N)C(=O)O. The molecule has 0 saturated heterocycles. The van der Waals surface area contributed by atoms with Gasteiger partial charge in [0, 0.05) is 26.2 Å². The highest BCUT2D eigenvalue weighted by Crippen LogP contribution is 2.08. The average Bonchev–Trinajstić information content (AvgIpc) is 3.18. The molecule has 0 heterocycles. The van der Waals surface area contributed by atoms with E-state index in [1.807, 2.05) is 0 Å². The van der Waals surface area contributed by atoms with Crippen LogP contribution in [0.4, 0.5) is 0 Å². The van der Waals surface area contributed by atoms with Gasteiger partial charge in [-0.15, -0.1) is 0 Å². The number of carboxylic acid groups (broad SMARTS) is 2. The summed E-state index contributed by atoms with van der Waals surface area (Å²) < 4.78 is 0. The zero-order valence-corrected chi connectivity index (χ0v) is 35.4. The molecule has 0 aromatic carbocycles. The Bertz CT molecular complexity index is 1680. The number of guanidine groups is 4. The van der Waals surface area contributed by atoms with Crippen LogP contribution in [-0.4, -0.2) is 150 Å². The van der Waals surface area contributed by atoms with Crippen LogP contribution >= 0.6 is 0 Å². The predicted octanol–water partition coefficient (Wildman–Crippen LogP) is -7.96. The van der Waals surface area contributed by atoms with Gasteiger partial charge in [-0.05, 0) is 65.2 Å². The standard InChI is InChI=1S/C34H65N19O10/c1-16(48-26(58)18(35)15-23(54)55)24(56)50-20(8-4-12-45-32(38)39)28(60)52-21(9-5-13-46-33(40)41)29(61)51-19(7-3-11-44-31(36)37)27(59)49-17(2)25(57)53-22(30(62)63)10-6-14-47-34(42)43/h16-22H,3-15,35H2,1-2H3,(H,48,58)(H,49,59)(H,50,56)(H,51,61)(H,52,60)(H,53,57)(H,54,55)(H,62,63)(H4,36,37,44)(H4,38,39,45)(H4,40,41,46)(H4,42,43,47). The summed E-state index contributed by atoms with van der Waals surface area (Å²) in [6, 6.07) is -9.60. The third-order valence-electron chi connectivity index (χ3n) is 8.53. The smallest absolute Gasteiger partial charge is 0.326 e. The lowest BCUT2D eigenvalue weighted by Crippen LogP contribution is -2.59. The molecule has 0 fully saturated rings. The molecule has 63 heavy (non-hydrogen) atoms. The first-order chi connectivity index (χ1) is 29.4. The maximum Gasteiger partial charge on any atom is 0.326 e. The summed E-state index contributed by atoms with van der Waals surface area (Å²) in [5.41, 5.74) is 48.7. The second kappa shape index (κ2) is 29.9. The highest BCUT2D eigenvalue weighted by atomic mass is 16.4. The van der Waals surface area contributed by atoms with E-state index in [9.17, 15) is 43.5 Å². The van der Waals surface area contributed by atoms with E-state index in [1.54, 1.807) is 0 Å². The normalized spacial score (nSPS) is 13.9. The molecule has 29 heteroatoms. The van der Waals surface area contributed by atoms with Crippen LogP contribution in [0.3, 0.4) is 0 Å². The Labute approximate surface area is 363 Å². The third kappa shape index (κ3) is 25.9. The first-order valence-electron chi connectivity index (χ1n) is 19.7. The highest BCUT2D eigenvalue weighted by molar-refractivity contribution is 5.97. The number of nitrogens with two attached hydrogens (primary N) is 9. The van der Waals surface area contributed by atoms with E-state index < -0.39 is 96.1 Å². The van der Waals surface area contributed by atoms with Crippen LogP contribution in [0.2, 0.25) is 0 Å². The summed E-state index contributed by atoms with van der Waals surface area (Å²) in [7, 11) is 0. The van der Waals surface area contributed by atoms with Crippen molar-refractivity contribution < 1.29 is 48.6 Å². The van der Waals surface area contributed by atoms with Crippen molar-refractivity contribution in [2.75, 3.05) is 26.2 Å². The molecule has 0 aliphatic rings. The van der Waals surface area contributed by atoms with Crippen LogP contribution in [0, 0.1) is 0 Å². The summed E-state index contributed by atoms with van der Waals surface area (Å²) in [6.07, 6.45) is -0.466. The van der Waals surface area contributed by atoms with Gasteiger partial charge < -0.3 is 93.7 Å². The number of aliphatic carboxylic acids is 2. The molecule has 26 N–H and O–H groups in total. The van der Waals surface area contributed by atoms with Gasteiger partial charge in [0.1, 0.15) is 36.3 Å². The number of carbonyl (C=O) groups excluding carboxylic acids is 6. The van der Waals surface area contributed by atoms with E-state index in [4.69, 9.17) is 56.7 Å². The van der Waals surface area contributed by atoms with Crippen LogP contribution in [0.5, 0.6) is 0 Å². The van der Waals surface area contributed by atoms with E-state index in [2.05, 4.69) is 51.9 Å². The molecule has 0 spiro atoms. The lowest BCUT2D eigenvalue weighted by Gasteiger charge is -2.27. The summed E-state index contributed by atoms with van der Waals surface area (Å²) in [4.78, 5) is 118. The van der Waals surface area contributed by atoms with Gasteiger partial charge in [-0.1, -0.05) is 0 Å². The fourth-order valence-corrected chi connectivity index (χ4v) is 5.26. The lowest BCUT2D eigenvalue weighted by atomic mass is 10.0. The van der Waals surface area contributed by atoms with E-state index >= 15 is 0 Å². The number of aliphatic imine (C=N–C) groups is 4. The molecule has 7 atom stereocenters. The van der Waals surface area contributed by atoms with Crippen LogP contribution in [0.1, 0.15) is 71.6 Å². The zero-order valence-electron chi connectivity index (χ0n) is 35.4. The second-order valence-corrected chi connectivity index (χ2v) is 14.0. The maximum absolute atomic E-state index is 14.0. The van der Waals surface area contributed by atoms with Gasteiger partial charge in [0.15, 0.2) is 23.8 Å². The van der Waals surface area contributed by atoms with Crippen molar-refractivity contribution >= 4 is 71.2 Å². The summed E-state index contributed by atoms with van der Waals surface area (Å²) >= 11 is 0. The Morgan fingerprint density at radius 3 is 1.00 bits per heavy atom. The first kappa shape index (κ1) is 55.8. The number of hydrogen-bond acceptors (Lipinski definition) is 13. The minimum atomic E-state index is -1.48. The molecule has 0 aromatic heterocycles. The minimum Gasteiger partial charge on any atom is -0.481 e. The molecule has 7 unspecified atom stereocenters. The Balaban J connectivity index is 6.45. The maximum atomic E-state index is 14.0. The van der Waals surface area contributed by atoms with Crippen molar-refractivity contribution in [1.29, 1.82) is 0 Å². The Hall–Kier alpha value is -7.20. The number of nitrogens with one attached hydrogen (secondary N) is 6. The van der Waals surface area contributed by atoms with Gasteiger partial charge in [0.05, 0.1) is 12.5 Å². The van der Waals surface area contributed by atoms with Crippen molar-refractivity contribution in [3.63, 3.8) is 0 Å².